The molecule has 0 bridgehead atoms. The first-order valence-electron chi connectivity index (χ1n) is 6.90. The van der Waals surface area contributed by atoms with E-state index in [-0.39, 0.29) is 5.25 Å². The van der Waals surface area contributed by atoms with E-state index in [1.165, 1.54) is 0 Å². The molecule has 0 fully saturated rings. The highest BCUT2D eigenvalue weighted by atomic mass is 35.5. The number of hydrogen-bond acceptors (Lipinski definition) is 5. The molecule has 116 valence electrons. The molecule has 3 aromatic rings. The molecule has 0 aliphatic heterocycles. The number of halogens is 1. The lowest BCUT2D eigenvalue weighted by Gasteiger charge is -2.11. The van der Waals surface area contributed by atoms with Crippen molar-refractivity contribution in [2.24, 2.45) is 0 Å². The zero-order valence-corrected chi connectivity index (χ0v) is 14.7. The van der Waals surface area contributed by atoms with Crippen molar-refractivity contribution in [3.8, 4) is 0 Å². The van der Waals surface area contributed by atoms with Gasteiger partial charge in [0.1, 0.15) is 5.01 Å². The van der Waals surface area contributed by atoms with Crippen molar-refractivity contribution in [2.75, 3.05) is 13.7 Å². The van der Waals surface area contributed by atoms with E-state index < -0.39 is 0 Å². The van der Waals surface area contributed by atoms with Crippen molar-refractivity contribution in [1.82, 2.24) is 14.5 Å². The van der Waals surface area contributed by atoms with Crippen LogP contribution >= 0.6 is 34.7 Å². The molecule has 7 heteroatoms. The molecule has 4 nitrogen and oxygen atoms in total. The predicted octanol–water partition coefficient (Wildman–Crippen LogP) is 4.65. The van der Waals surface area contributed by atoms with Crippen LogP contribution in [0, 0.1) is 0 Å². The molecule has 1 atom stereocenters. The quantitative estimate of drug-likeness (QED) is 0.605. The van der Waals surface area contributed by atoms with E-state index in [0.717, 1.165) is 27.7 Å². The summed E-state index contributed by atoms with van der Waals surface area (Å²) in [6, 6.07) is 5.81. The van der Waals surface area contributed by atoms with E-state index in [1.807, 2.05) is 29.8 Å². The number of hydrogen-bond donors (Lipinski definition) is 0. The van der Waals surface area contributed by atoms with Gasteiger partial charge in [-0.2, -0.15) is 0 Å². The highest BCUT2D eigenvalue weighted by Gasteiger charge is 2.17. The van der Waals surface area contributed by atoms with Gasteiger partial charge in [0.15, 0.2) is 5.16 Å². The van der Waals surface area contributed by atoms with Gasteiger partial charge >= 0.3 is 0 Å². The Labute approximate surface area is 142 Å². The maximum Gasteiger partial charge on any atom is 0.169 e. The summed E-state index contributed by atoms with van der Waals surface area (Å²) in [5.74, 6) is 0. The minimum atomic E-state index is 0.258. The van der Waals surface area contributed by atoms with Crippen LogP contribution in [-0.2, 0) is 11.3 Å². The van der Waals surface area contributed by atoms with E-state index in [1.54, 1.807) is 30.2 Å². The second-order valence-electron chi connectivity index (χ2n) is 4.80. The third-order valence-corrected chi connectivity index (χ3v) is 5.72. The first-order valence-corrected chi connectivity index (χ1v) is 9.03. The number of aromatic nitrogens is 3. The maximum atomic E-state index is 6.08. The lowest BCUT2D eigenvalue weighted by atomic mass is 10.3. The summed E-state index contributed by atoms with van der Waals surface area (Å²) in [7, 11) is 1.71. The number of nitrogens with zero attached hydrogens (tertiary/aromatic N) is 3. The van der Waals surface area contributed by atoms with Gasteiger partial charge in [-0.3, -0.25) is 0 Å². The molecule has 0 spiro atoms. The molecule has 0 radical (unpaired) electrons. The molecular formula is C15H16ClN3OS2. The molecule has 2 aromatic heterocycles. The van der Waals surface area contributed by atoms with Crippen molar-refractivity contribution < 1.29 is 4.74 Å². The van der Waals surface area contributed by atoms with Crippen molar-refractivity contribution in [1.29, 1.82) is 0 Å². The Balaban J connectivity index is 1.96. The fraction of sp³-hybridized carbons (Fsp3) is 0.333. The smallest absolute Gasteiger partial charge is 0.169 e. The van der Waals surface area contributed by atoms with E-state index in [0.29, 0.717) is 11.6 Å². The second-order valence-corrected chi connectivity index (χ2v) is 7.47. The Bertz CT molecular complexity index is 758. The van der Waals surface area contributed by atoms with Gasteiger partial charge in [0, 0.05) is 30.3 Å². The van der Waals surface area contributed by atoms with Crippen molar-refractivity contribution in [2.45, 2.75) is 23.9 Å². The zero-order valence-electron chi connectivity index (χ0n) is 12.3. The van der Waals surface area contributed by atoms with Gasteiger partial charge in [-0.25, -0.2) is 9.97 Å². The molecule has 0 N–H and O–H groups in total. The minimum absolute atomic E-state index is 0.258. The van der Waals surface area contributed by atoms with Crippen LogP contribution in [0.15, 0.2) is 34.9 Å². The lowest BCUT2D eigenvalue weighted by molar-refractivity contribution is 0.186. The molecule has 0 aliphatic carbocycles. The van der Waals surface area contributed by atoms with Crippen LogP contribution in [0.4, 0.5) is 0 Å². The maximum absolute atomic E-state index is 6.08. The molecular weight excluding hydrogens is 338 g/mol. The molecule has 0 unspecified atom stereocenters. The molecule has 0 aliphatic rings. The molecule has 0 saturated carbocycles. The number of thiazole rings is 1. The predicted molar refractivity (Wildman–Crippen MR) is 93.0 cm³/mol. The topological polar surface area (TPSA) is 39.9 Å². The Morgan fingerprint density at radius 3 is 3.05 bits per heavy atom. The normalized spacial score (nSPS) is 12.9. The average Bonchev–Trinajstić information content (AvgIpc) is 3.12. The first kappa shape index (κ1) is 15.8. The number of ether oxygens (including phenoxy) is 1. The summed E-state index contributed by atoms with van der Waals surface area (Å²) in [6.45, 7) is 3.56. The van der Waals surface area contributed by atoms with Gasteiger partial charge in [-0.1, -0.05) is 23.4 Å². The Morgan fingerprint density at radius 1 is 1.45 bits per heavy atom. The van der Waals surface area contributed by atoms with Gasteiger partial charge in [0.2, 0.25) is 0 Å². The summed E-state index contributed by atoms with van der Waals surface area (Å²) in [5, 5.41) is 5.03. The highest BCUT2D eigenvalue weighted by Crippen LogP contribution is 2.37. The number of imidazole rings is 1. The van der Waals surface area contributed by atoms with E-state index in [2.05, 4.69) is 16.5 Å². The first-order chi connectivity index (χ1) is 10.7. The van der Waals surface area contributed by atoms with Crippen LogP contribution in [0.25, 0.3) is 11.0 Å². The standard InChI is InChI=1S/C15H16ClN3OS2/c1-10(14-17-5-8-21-14)22-15-18-12-9-11(16)3-4-13(12)19(15)6-7-20-2/h3-5,8-10H,6-7H2,1-2H3/t10-/m1/s1. The molecule has 0 amide bonds. The van der Waals surface area contributed by atoms with Gasteiger partial charge in [0.05, 0.1) is 22.9 Å². The van der Waals surface area contributed by atoms with Crippen molar-refractivity contribution in [3.05, 3.63) is 39.8 Å². The van der Waals surface area contributed by atoms with Crippen molar-refractivity contribution >= 4 is 45.7 Å². The fourth-order valence-corrected chi connectivity index (χ4v) is 4.21. The van der Waals surface area contributed by atoms with Crippen LogP contribution in [0.2, 0.25) is 5.02 Å². The Morgan fingerprint density at radius 2 is 2.32 bits per heavy atom. The minimum Gasteiger partial charge on any atom is -0.383 e. The third kappa shape index (κ3) is 3.30. The summed E-state index contributed by atoms with van der Waals surface area (Å²) in [6.07, 6.45) is 1.84. The van der Waals surface area contributed by atoms with E-state index in [4.69, 9.17) is 21.3 Å². The van der Waals surface area contributed by atoms with E-state index >= 15 is 0 Å². The molecule has 3 rings (SSSR count). The van der Waals surface area contributed by atoms with Gasteiger partial charge in [0.25, 0.3) is 0 Å². The summed E-state index contributed by atoms with van der Waals surface area (Å²) < 4.78 is 7.41. The molecule has 2 heterocycles. The van der Waals surface area contributed by atoms with E-state index in [9.17, 15) is 0 Å². The number of methoxy groups -OCH3 is 1. The fourth-order valence-electron chi connectivity index (χ4n) is 2.21. The third-order valence-electron chi connectivity index (χ3n) is 3.28. The summed E-state index contributed by atoms with van der Waals surface area (Å²) >= 11 is 9.46. The lowest BCUT2D eigenvalue weighted by Crippen LogP contribution is -2.06. The number of rotatable bonds is 6. The molecule has 1 aromatic carbocycles. The Hall–Kier alpha value is -1.08. The van der Waals surface area contributed by atoms with Gasteiger partial charge in [-0.05, 0) is 25.1 Å². The van der Waals surface area contributed by atoms with Gasteiger partial charge < -0.3 is 9.30 Å². The average molecular weight is 354 g/mol. The highest BCUT2D eigenvalue weighted by molar-refractivity contribution is 7.99. The summed E-state index contributed by atoms with van der Waals surface area (Å²) in [4.78, 5) is 9.13. The number of thioether (sulfide) groups is 1. The zero-order chi connectivity index (χ0) is 15.5. The van der Waals surface area contributed by atoms with Crippen LogP contribution in [-0.4, -0.2) is 28.3 Å². The largest absolute Gasteiger partial charge is 0.383 e. The van der Waals surface area contributed by atoms with Crippen LogP contribution < -0.4 is 0 Å². The monoisotopic (exact) mass is 353 g/mol. The molecule has 22 heavy (non-hydrogen) atoms. The SMILES string of the molecule is COCCn1c(S[C@H](C)c2nccs2)nc2cc(Cl)ccc21. The summed E-state index contributed by atoms with van der Waals surface area (Å²) in [5.41, 5.74) is 1.99. The second kappa shape index (κ2) is 7.00. The Kier molecular flexibility index (Phi) is 5.03. The van der Waals surface area contributed by atoms with Crippen LogP contribution in [0.1, 0.15) is 17.2 Å². The van der Waals surface area contributed by atoms with Crippen LogP contribution in [0.5, 0.6) is 0 Å². The van der Waals surface area contributed by atoms with Crippen molar-refractivity contribution in [3.63, 3.8) is 0 Å². The van der Waals surface area contributed by atoms with Crippen LogP contribution in [0.3, 0.4) is 0 Å². The number of fused-ring (bicyclic) bond motifs is 1. The number of benzene rings is 1. The van der Waals surface area contributed by atoms with Gasteiger partial charge in [-0.15, -0.1) is 11.3 Å². The molecule has 0 saturated heterocycles.